The molecule has 0 spiro atoms. The highest BCUT2D eigenvalue weighted by atomic mass is 16.5. The Morgan fingerprint density at radius 1 is 1.53 bits per heavy atom. The third-order valence-electron chi connectivity index (χ3n) is 2.33. The molecule has 0 saturated heterocycles. The van der Waals surface area contributed by atoms with E-state index in [0.29, 0.717) is 24.7 Å². The lowest BCUT2D eigenvalue weighted by atomic mass is 10.2. The molecule has 15 heavy (non-hydrogen) atoms. The van der Waals surface area contributed by atoms with Gasteiger partial charge in [0.1, 0.15) is 5.78 Å². The summed E-state index contributed by atoms with van der Waals surface area (Å²) in [6, 6.07) is 0. The van der Waals surface area contributed by atoms with Crippen molar-refractivity contribution in [2.24, 2.45) is 5.92 Å². The Morgan fingerprint density at radius 3 is 2.87 bits per heavy atom. The van der Waals surface area contributed by atoms with E-state index in [4.69, 9.17) is 4.52 Å². The van der Waals surface area contributed by atoms with Gasteiger partial charge in [0.2, 0.25) is 5.89 Å². The standard InChI is InChI=1S/C10H15N3O2/c1-13(2)6-9-11-10(15-12-9)5-8(14)7-3-4-7/h7H,3-6H2,1-2H3. The van der Waals surface area contributed by atoms with Crippen molar-refractivity contribution in [3.8, 4) is 0 Å². The first-order chi connectivity index (χ1) is 7.15. The van der Waals surface area contributed by atoms with E-state index in [1.54, 1.807) is 0 Å². The summed E-state index contributed by atoms with van der Waals surface area (Å²) in [5.41, 5.74) is 0. The second kappa shape index (κ2) is 4.10. The van der Waals surface area contributed by atoms with E-state index >= 15 is 0 Å². The van der Waals surface area contributed by atoms with Crippen LogP contribution in [0, 0.1) is 5.92 Å². The van der Waals surface area contributed by atoms with Gasteiger partial charge in [-0.2, -0.15) is 4.98 Å². The molecule has 1 saturated carbocycles. The van der Waals surface area contributed by atoms with Crippen LogP contribution in [0.1, 0.15) is 24.6 Å². The van der Waals surface area contributed by atoms with Crippen LogP contribution in [-0.2, 0) is 17.8 Å². The van der Waals surface area contributed by atoms with Gasteiger partial charge in [-0.05, 0) is 26.9 Å². The lowest BCUT2D eigenvalue weighted by Gasteiger charge is -2.03. The number of carbonyl (C=O) groups is 1. The SMILES string of the molecule is CN(C)Cc1noc(CC(=O)C2CC2)n1. The molecule has 0 radical (unpaired) electrons. The summed E-state index contributed by atoms with van der Waals surface area (Å²) in [5, 5.41) is 3.81. The average Bonchev–Trinajstić information content (AvgIpc) is 2.90. The normalized spacial score (nSPS) is 15.9. The Balaban J connectivity index is 1.91. The van der Waals surface area contributed by atoms with E-state index in [1.807, 2.05) is 19.0 Å². The van der Waals surface area contributed by atoms with Gasteiger partial charge in [0.15, 0.2) is 5.82 Å². The molecule has 1 aromatic rings. The smallest absolute Gasteiger partial charge is 0.234 e. The summed E-state index contributed by atoms with van der Waals surface area (Å²) in [6.07, 6.45) is 2.35. The summed E-state index contributed by atoms with van der Waals surface area (Å²) >= 11 is 0. The minimum atomic E-state index is 0.232. The molecule has 0 N–H and O–H groups in total. The second-order valence-electron chi connectivity index (χ2n) is 4.26. The largest absolute Gasteiger partial charge is 0.339 e. The Morgan fingerprint density at radius 2 is 2.27 bits per heavy atom. The molecule has 2 rings (SSSR count). The Bertz CT molecular complexity index is 355. The third kappa shape index (κ3) is 2.86. The maximum atomic E-state index is 11.5. The van der Waals surface area contributed by atoms with Crippen molar-refractivity contribution in [1.82, 2.24) is 15.0 Å². The van der Waals surface area contributed by atoms with Crippen molar-refractivity contribution in [1.29, 1.82) is 0 Å². The van der Waals surface area contributed by atoms with Crippen LogP contribution < -0.4 is 0 Å². The first-order valence-electron chi connectivity index (χ1n) is 5.14. The van der Waals surface area contributed by atoms with E-state index in [2.05, 4.69) is 10.1 Å². The molecule has 1 heterocycles. The van der Waals surface area contributed by atoms with E-state index in [0.717, 1.165) is 12.8 Å². The average molecular weight is 209 g/mol. The molecule has 0 atom stereocenters. The van der Waals surface area contributed by atoms with E-state index in [1.165, 1.54) is 0 Å². The van der Waals surface area contributed by atoms with Crippen molar-refractivity contribution in [2.75, 3.05) is 14.1 Å². The van der Waals surface area contributed by atoms with Crippen molar-refractivity contribution < 1.29 is 9.32 Å². The molecule has 0 amide bonds. The fourth-order valence-electron chi connectivity index (χ4n) is 1.41. The first-order valence-corrected chi connectivity index (χ1v) is 5.14. The molecule has 1 aliphatic carbocycles. The zero-order valence-electron chi connectivity index (χ0n) is 9.06. The lowest BCUT2D eigenvalue weighted by Crippen LogP contribution is -2.12. The number of nitrogens with zero attached hydrogens (tertiary/aromatic N) is 3. The van der Waals surface area contributed by atoms with Gasteiger partial charge >= 0.3 is 0 Å². The first kappa shape index (κ1) is 10.3. The minimum Gasteiger partial charge on any atom is -0.339 e. The monoisotopic (exact) mass is 209 g/mol. The Labute approximate surface area is 88.5 Å². The molecule has 0 unspecified atom stereocenters. The van der Waals surface area contributed by atoms with Gasteiger partial charge in [-0.15, -0.1) is 0 Å². The fourth-order valence-corrected chi connectivity index (χ4v) is 1.41. The van der Waals surface area contributed by atoms with Crippen LogP contribution in [0.2, 0.25) is 0 Å². The van der Waals surface area contributed by atoms with E-state index in [9.17, 15) is 4.79 Å². The van der Waals surface area contributed by atoms with Crippen LogP contribution in [-0.4, -0.2) is 34.9 Å². The Kier molecular flexibility index (Phi) is 2.81. The summed E-state index contributed by atoms with van der Waals surface area (Å²) in [5.74, 6) is 1.58. The molecule has 1 aromatic heterocycles. The van der Waals surface area contributed by atoms with Gasteiger partial charge in [0.25, 0.3) is 0 Å². The van der Waals surface area contributed by atoms with Gasteiger partial charge in [-0.3, -0.25) is 4.79 Å². The zero-order valence-corrected chi connectivity index (χ0v) is 9.06. The number of ketones is 1. The lowest BCUT2D eigenvalue weighted by molar-refractivity contribution is -0.119. The fraction of sp³-hybridized carbons (Fsp3) is 0.700. The van der Waals surface area contributed by atoms with Crippen molar-refractivity contribution in [3.63, 3.8) is 0 Å². The number of hydrogen-bond acceptors (Lipinski definition) is 5. The molecular formula is C10H15N3O2. The van der Waals surface area contributed by atoms with Crippen LogP contribution in [0.5, 0.6) is 0 Å². The number of aromatic nitrogens is 2. The quantitative estimate of drug-likeness (QED) is 0.712. The summed E-state index contributed by atoms with van der Waals surface area (Å²) in [6.45, 7) is 0.640. The minimum absolute atomic E-state index is 0.232. The molecule has 82 valence electrons. The van der Waals surface area contributed by atoms with Crippen LogP contribution in [0.3, 0.4) is 0 Å². The van der Waals surface area contributed by atoms with Crippen molar-refractivity contribution >= 4 is 5.78 Å². The molecule has 1 fully saturated rings. The van der Waals surface area contributed by atoms with E-state index in [-0.39, 0.29) is 11.7 Å². The van der Waals surface area contributed by atoms with Gasteiger partial charge in [-0.1, -0.05) is 5.16 Å². The van der Waals surface area contributed by atoms with Gasteiger partial charge in [0.05, 0.1) is 13.0 Å². The zero-order chi connectivity index (χ0) is 10.8. The Hall–Kier alpha value is -1.23. The van der Waals surface area contributed by atoms with Gasteiger partial charge in [-0.25, -0.2) is 0 Å². The van der Waals surface area contributed by atoms with Crippen molar-refractivity contribution in [3.05, 3.63) is 11.7 Å². The van der Waals surface area contributed by atoms with Gasteiger partial charge < -0.3 is 9.42 Å². The number of hydrogen-bond donors (Lipinski definition) is 0. The number of Topliss-reactive ketones (excluding diaryl/α,β-unsaturated/α-hetero) is 1. The molecule has 0 aromatic carbocycles. The summed E-state index contributed by atoms with van der Waals surface area (Å²) < 4.78 is 5.01. The number of carbonyl (C=O) groups excluding carboxylic acids is 1. The topological polar surface area (TPSA) is 59.2 Å². The number of rotatable bonds is 5. The predicted molar refractivity (Wildman–Crippen MR) is 53.1 cm³/mol. The maximum Gasteiger partial charge on any atom is 0.234 e. The van der Waals surface area contributed by atoms with Crippen LogP contribution in [0.4, 0.5) is 0 Å². The summed E-state index contributed by atoms with van der Waals surface area (Å²) in [4.78, 5) is 17.6. The highest BCUT2D eigenvalue weighted by Crippen LogP contribution is 2.30. The highest BCUT2D eigenvalue weighted by molar-refractivity contribution is 5.84. The van der Waals surface area contributed by atoms with Gasteiger partial charge in [0, 0.05) is 5.92 Å². The highest BCUT2D eigenvalue weighted by Gasteiger charge is 2.30. The molecule has 0 aliphatic heterocycles. The molecular weight excluding hydrogens is 194 g/mol. The van der Waals surface area contributed by atoms with Crippen molar-refractivity contribution in [2.45, 2.75) is 25.8 Å². The van der Waals surface area contributed by atoms with Crippen LogP contribution in [0.25, 0.3) is 0 Å². The third-order valence-corrected chi connectivity index (χ3v) is 2.33. The second-order valence-corrected chi connectivity index (χ2v) is 4.26. The predicted octanol–water partition coefficient (Wildman–Crippen LogP) is 0.653. The molecule has 0 bridgehead atoms. The molecule has 1 aliphatic rings. The van der Waals surface area contributed by atoms with Crippen LogP contribution >= 0.6 is 0 Å². The molecule has 5 nitrogen and oxygen atoms in total. The molecule has 5 heteroatoms. The summed E-state index contributed by atoms with van der Waals surface area (Å²) in [7, 11) is 3.87. The van der Waals surface area contributed by atoms with Crippen LogP contribution in [0.15, 0.2) is 4.52 Å². The van der Waals surface area contributed by atoms with E-state index < -0.39 is 0 Å². The maximum absolute atomic E-state index is 11.5.